The van der Waals surface area contributed by atoms with Gasteiger partial charge in [-0.05, 0) is 29.8 Å². The Kier molecular flexibility index (Phi) is 4.46. The molecule has 4 rings (SSSR count). The van der Waals surface area contributed by atoms with Crippen LogP contribution in [0, 0.1) is 5.41 Å². The lowest BCUT2D eigenvalue weighted by molar-refractivity contribution is 0.286. The number of anilines is 1. The summed E-state index contributed by atoms with van der Waals surface area (Å²) in [6.07, 6.45) is 1.18. The standard InChI is InChI=1S/C19H20N4O4S/c1-26-17-15(27-11-12-3-5-13(6-4-12)28(2,24)25)8-7-14-16(17)22-19(20)23-10-9-21-18(14)23/h3-8,20-21H,9-11H2,1-2H3. The van der Waals surface area contributed by atoms with E-state index in [0.29, 0.717) is 23.6 Å². The van der Waals surface area contributed by atoms with Gasteiger partial charge in [0.15, 0.2) is 21.3 Å². The van der Waals surface area contributed by atoms with Crippen molar-refractivity contribution in [3.8, 4) is 11.5 Å². The average molecular weight is 400 g/mol. The van der Waals surface area contributed by atoms with Gasteiger partial charge < -0.3 is 14.8 Å². The molecule has 0 amide bonds. The van der Waals surface area contributed by atoms with Crippen LogP contribution in [0.25, 0.3) is 10.9 Å². The molecule has 0 fully saturated rings. The second kappa shape index (κ2) is 6.83. The van der Waals surface area contributed by atoms with Crippen LogP contribution in [0.4, 0.5) is 5.82 Å². The minimum absolute atomic E-state index is 0.166. The van der Waals surface area contributed by atoms with Gasteiger partial charge in [-0.2, -0.15) is 0 Å². The SMILES string of the molecule is COc1c(OCc2ccc(S(C)(=O)=O)cc2)ccc2c3n(c(=N)nc12)CCN3. The zero-order chi connectivity index (χ0) is 19.9. The highest BCUT2D eigenvalue weighted by atomic mass is 32.2. The molecule has 2 aromatic carbocycles. The van der Waals surface area contributed by atoms with Crippen molar-refractivity contribution in [3.63, 3.8) is 0 Å². The maximum absolute atomic E-state index is 11.6. The number of nitrogens with zero attached hydrogens (tertiary/aromatic N) is 2. The van der Waals surface area contributed by atoms with Crippen molar-refractivity contribution in [2.24, 2.45) is 0 Å². The van der Waals surface area contributed by atoms with E-state index < -0.39 is 9.84 Å². The van der Waals surface area contributed by atoms with E-state index in [9.17, 15) is 8.42 Å². The van der Waals surface area contributed by atoms with E-state index in [1.807, 2.05) is 16.7 Å². The monoisotopic (exact) mass is 400 g/mol. The van der Waals surface area contributed by atoms with E-state index in [2.05, 4.69) is 10.3 Å². The second-order valence-corrected chi connectivity index (χ2v) is 8.58. The summed E-state index contributed by atoms with van der Waals surface area (Å²) < 4.78 is 36.4. The zero-order valence-corrected chi connectivity index (χ0v) is 16.3. The highest BCUT2D eigenvalue weighted by Crippen LogP contribution is 2.37. The van der Waals surface area contributed by atoms with E-state index in [1.54, 1.807) is 31.4 Å². The molecule has 0 saturated heterocycles. The lowest BCUT2D eigenvalue weighted by Gasteiger charge is -2.15. The van der Waals surface area contributed by atoms with Gasteiger partial charge in [0.05, 0.1) is 12.0 Å². The van der Waals surface area contributed by atoms with Gasteiger partial charge in [-0.3, -0.25) is 9.98 Å². The van der Waals surface area contributed by atoms with E-state index >= 15 is 0 Å². The van der Waals surface area contributed by atoms with Crippen molar-refractivity contribution in [2.75, 3.05) is 25.2 Å². The number of benzene rings is 2. The van der Waals surface area contributed by atoms with Gasteiger partial charge in [0.25, 0.3) is 0 Å². The van der Waals surface area contributed by atoms with Crippen LogP contribution in [0.3, 0.4) is 0 Å². The molecule has 1 aliphatic rings. The summed E-state index contributed by atoms with van der Waals surface area (Å²) in [5.74, 6) is 1.84. The van der Waals surface area contributed by atoms with Gasteiger partial charge in [-0.15, -0.1) is 0 Å². The summed E-state index contributed by atoms with van der Waals surface area (Å²) in [4.78, 5) is 4.66. The van der Waals surface area contributed by atoms with Crippen LogP contribution in [0.2, 0.25) is 0 Å². The van der Waals surface area contributed by atoms with Gasteiger partial charge in [-0.1, -0.05) is 12.1 Å². The topological polar surface area (TPSA) is 106 Å². The van der Waals surface area contributed by atoms with Gasteiger partial charge >= 0.3 is 0 Å². The largest absolute Gasteiger partial charge is 0.491 e. The fourth-order valence-corrected chi connectivity index (χ4v) is 3.90. The van der Waals surface area contributed by atoms with Gasteiger partial charge in [0.1, 0.15) is 17.9 Å². The summed E-state index contributed by atoms with van der Waals surface area (Å²) in [6, 6.07) is 10.3. The maximum atomic E-state index is 11.6. The van der Waals surface area contributed by atoms with Crippen LogP contribution in [0.15, 0.2) is 41.3 Å². The molecule has 1 aliphatic heterocycles. The number of hydrogen-bond acceptors (Lipinski definition) is 7. The summed E-state index contributed by atoms with van der Waals surface area (Å²) in [6.45, 7) is 1.72. The van der Waals surface area contributed by atoms with Crippen molar-refractivity contribution in [2.45, 2.75) is 18.0 Å². The number of rotatable bonds is 5. The molecule has 1 aromatic heterocycles. The molecule has 2 heterocycles. The number of ether oxygens (including phenoxy) is 2. The molecular formula is C19H20N4O4S. The normalized spacial score (nSPS) is 13.2. The molecule has 3 aromatic rings. The maximum Gasteiger partial charge on any atom is 0.224 e. The molecule has 0 radical (unpaired) electrons. The molecule has 0 saturated carbocycles. The van der Waals surface area contributed by atoms with Gasteiger partial charge in [0, 0.05) is 24.7 Å². The fourth-order valence-electron chi connectivity index (χ4n) is 3.27. The number of hydrogen-bond donors (Lipinski definition) is 2. The summed E-state index contributed by atoms with van der Waals surface area (Å²) in [7, 11) is -1.68. The van der Waals surface area contributed by atoms with Crippen LogP contribution < -0.4 is 20.4 Å². The number of methoxy groups -OCH3 is 1. The third-order valence-corrected chi connectivity index (χ3v) is 5.80. The predicted molar refractivity (Wildman–Crippen MR) is 105 cm³/mol. The molecule has 146 valence electrons. The first-order chi connectivity index (χ1) is 13.4. The lowest BCUT2D eigenvalue weighted by atomic mass is 10.2. The molecule has 9 heteroatoms. The Hall–Kier alpha value is -3.07. The van der Waals surface area contributed by atoms with Crippen molar-refractivity contribution < 1.29 is 17.9 Å². The average Bonchev–Trinajstić information content (AvgIpc) is 3.16. The first kappa shape index (κ1) is 18.3. The molecule has 8 nitrogen and oxygen atoms in total. The third kappa shape index (κ3) is 3.18. The van der Waals surface area contributed by atoms with E-state index in [1.165, 1.54) is 6.26 Å². The lowest BCUT2D eigenvalue weighted by Crippen LogP contribution is -2.21. The smallest absolute Gasteiger partial charge is 0.224 e. The summed E-state index contributed by atoms with van der Waals surface area (Å²) >= 11 is 0. The Morgan fingerprint density at radius 3 is 2.64 bits per heavy atom. The van der Waals surface area contributed by atoms with Crippen molar-refractivity contribution in [1.29, 1.82) is 5.41 Å². The minimum Gasteiger partial charge on any atom is -0.491 e. The number of fused-ring (bicyclic) bond motifs is 3. The second-order valence-electron chi connectivity index (χ2n) is 6.56. The Morgan fingerprint density at radius 1 is 1.21 bits per heavy atom. The Morgan fingerprint density at radius 2 is 1.96 bits per heavy atom. The third-order valence-electron chi connectivity index (χ3n) is 4.67. The number of aromatic nitrogens is 2. The molecule has 0 bridgehead atoms. The van der Waals surface area contributed by atoms with Crippen LogP contribution >= 0.6 is 0 Å². The molecular weight excluding hydrogens is 380 g/mol. The van der Waals surface area contributed by atoms with Crippen LogP contribution in [-0.2, 0) is 23.0 Å². The Labute approximate surface area is 162 Å². The first-order valence-electron chi connectivity index (χ1n) is 8.70. The van der Waals surface area contributed by atoms with Crippen molar-refractivity contribution in [1.82, 2.24) is 9.55 Å². The van der Waals surface area contributed by atoms with Crippen molar-refractivity contribution >= 4 is 26.6 Å². The molecule has 28 heavy (non-hydrogen) atoms. The Balaban J connectivity index is 1.66. The van der Waals surface area contributed by atoms with E-state index in [0.717, 1.165) is 23.3 Å². The molecule has 2 N–H and O–H groups in total. The first-order valence-corrected chi connectivity index (χ1v) is 10.6. The van der Waals surface area contributed by atoms with Crippen LogP contribution in [-0.4, -0.2) is 37.9 Å². The van der Waals surface area contributed by atoms with Crippen molar-refractivity contribution in [3.05, 3.63) is 47.6 Å². The molecule has 0 aliphatic carbocycles. The highest BCUT2D eigenvalue weighted by Gasteiger charge is 2.19. The van der Waals surface area contributed by atoms with Crippen LogP contribution in [0.5, 0.6) is 11.5 Å². The number of nitrogens with one attached hydrogen (secondary N) is 2. The quantitative estimate of drug-likeness (QED) is 0.678. The number of sulfone groups is 1. The summed E-state index contributed by atoms with van der Waals surface area (Å²) in [5.41, 5.74) is 1.56. The Bertz CT molecular complexity index is 1220. The minimum atomic E-state index is -3.23. The molecule has 0 atom stereocenters. The van der Waals surface area contributed by atoms with E-state index in [-0.39, 0.29) is 17.1 Å². The predicted octanol–water partition coefficient (Wildman–Crippen LogP) is 1.93. The zero-order valence-electron chi connectivity index (χ0n) is 15.5. The molecule has 0 unspecified atom stereocenters. The van der Waals surface area contributed by atoms with Gasteiger partial charge in [-0.25, -0.2) is 13.4 Å². The summed E-state index contributed by atoms with van der Waals surface area (Å²) in [5, 5.41) is 12.3. The highest BCUT2D eigenvalue weighted by molar-refractivity contribution is 7.90. The molecule has 0 spiro atoms. The van der Waals surface area contributed by atoms with Gasteiger partial charge in [0.2, 0.25) is 5.62 Å². The van der Waals surface area contributed by atoms with E-state index in [4.69, 9.17) is 14.9 Å². The fraction of sp³-hybridized carbons (Fsp3) is 0.263. The van der Waals surface area contributed by atoms with Crippen LogP contribution in [0.1, 0.15) is 5.56 Å².